The molecule has 2 aromatic carbocycles. The van der Waals surface area contributed by atoms with Crippen LogP contribution in [0.25, 0.3) is 0 Å². The number of carbonyl (C=O) groups is 1. The second-order valence-corrected chi connectivity index (χ2v) is 4.72. The number of carbonyl (C=O) groups excluding carboxylic acids is 1. The number of urea groups is 1. The fourth-order valence-electron chi connectivity index (χ4n) is 1.99. The van der Waals surface area contributed by atoms with E-state index in [1.807, 2.05) is 38.1 Å². The summed E-state index contributed by atoms with van der Waals surface area (Å²) in [6.07, 6.45) is 0. The van der Waals surface area contributed by atoms with Gasteiger partial charge < -0.3 is 20.1 Å². The van der Waals surface area contributed by atoms with Gasteiger partial charge in [0.25, 0.3) is 0 Å². The molecule has 2 amide bonds. The molecule has 0 aliphatic carbocycles. The summed E-state index contributed by atoms with van der Waals surface area (Å²) < 4.78 is 10.5. The van der Waals surface area contributed by atoms with Crippen LogP contribution in [0.4, 0.5) is 16.2 Å². The molecular weight excluding hydrogens is 280 g/mol. The van der Waals surface area contributed by atoms with E-state index in [4.69, 9.17) is 9.47 Å². The Kier molecular flexibility index (Phi) is 5.25. The lowest BCUT2D eigenvalue weighted by Crippen LogP contribution is -2.19. The first-order chi connectivity index (χ1) is 10.6. The molecule has 5 heteroatoms. The van der Waals surface area contributed by atoms with E-state index >= 15 is 0 Å². The molecule has 0 bridgehead atoms. The molecule has 2 rings (SSSR count). The number of nitrogens with one attached hydrogen (secondary N) is 2. The molecule has 2 aromatic rings. The van der Waals surface area contributed by atoms with E-state index in [0.717, 1.165) is 22.7 Å². The Hall–Kier alpha value is -2.69. The predicted octanol–water partition coefficient (Wildman–Crippen LogP) is 4.05. The highest BCUT2D eigenvalue weighted by molar-refractivity contribution is 6.00. The Morgan fingerprint density at radius 2 is 1.73 bits per heavy atom. The second kappa shape index (κ2) is 7.36. The van der Waals surface area contributed by atoms with Crippen molar-refractivity contribution in [2.24, 2.45) is 0 Å². The average Bonchev–Trinajstić information content (AvgIpc) is 2.51. The number of amides is 2. The smallest absolute Gasteiger partial charge is 0.323 e. The Bertz CT molecular complexity index is 639. The van der Waals surface area contributed by atoms with Gasteiger partial charge in [0.15, 0.2) is 0 Å². The minimum absolute atomic E-state index is 0.294. The zero-order valence-corrected chi connectivity index (χ0v) is 13.0. The lowest BCUT2D eigenvalue weighted by Gasteiger charge is -2.11. The van der Waals surface area contributed by atoms with Crippen LogP contribution in [0.1, 0.15) is 12.5 Å². The Morgan fingerprint density at radius 3 is 2.32 bits per heavy atom. The third-order valence-corrected chi connectivity index (χ3v) is 3.10. The normalized spacial score (nSPS) is 9.95. The highest BCUT2D eigenvalue weighted by Gasteiger charge is 2.06. The zero-order valence-electron chi connectivity index (χ0n) is 13.0. The number of anilines is 2. The molecule has 0 aliphatic heterocycles. The monoisotopic (exact) mass is 300 g/mol. The molecule has 0 aliphatic rings. The molecule has 0 spiro atoms. The van der Waals surface area contributed by atoms with Crippen molar-refractivity contribution >= 4 is 17.4 Å². The fourth-order valence-corrected chi connectivity index (χ4v) is 1.99. The maximum absolute atomic E-state index is 12.0. The molecule has 0 saturated carbocycles. The molecule has 116 valence electrons. The van der Waals surface area contributed by atoms with E-state index in [-0.39, 0.29) is 6.03 Å². The third kappa shape index (κ3) is 4.15. The lowest BCUT2D eigenvalue weighted by atomic mass is 10.2. The van der Waals surface area contributed by atoms with Gasteiger partial charge in [0.1, 0.15) is 11.5 Å². The van der Waals surface area contributed by atoms with E-state index in [2.05, 4.69) is 10.6 Å². The quantitative estimate of drug-likeness (QED) is 0.876. The number of aryl methyl sites for hydroxylation is 1. The summed E-state index contributed by atoms with van der Waals surface area (Å²) in [5.41, 5.74) is 2.37. The minimum atomic E-state index is -0.294. The second-order valence-electron chi connectivity index (χ2n) is 4.72. The van der Waals surface area contributed by atoms with Crippen molar-refractivity contribution in [2.75, 3.05) is 24.4 Å². The topological polar surface area (TPSA) is 59.6 Å². The fraction of sp³-hybridized carbons (Fsp3) is 0.235. The van der Waals surface area contributed by atoms with Crippen molar-refractivity contribution in [1.29, 1.82) is 0 Å². The SMILES string of the molecule is CCOc1ccc(NC(=O)Nc2ccc(OC)cc2C)cc1. The summed E-state index contributed by atoms with van der Waals surface area (Å²) in [5.74, 6) is 1.54. The average molecular weight is 300 g/mol. The van der Waals surface area contributed by atoms with Gasteiger partial charge in [-0.1, -0.05) is 0 Å². The largest absolute Gasteiger partial charge is 0.497 e. The third-order valence-electron chi connectivity index (χ3n) is 3.10. The molecule has 0 unspecified atom stereocenters. The predicted molar refractivity (Wildman–Crippen MR) is 88.0 cm³/mol. The zero-order chi connectivity index (χ0) is 15.9. The van der Waals surface area contributed by atoms with E-state index < -0.39 is 0 Å². The van der Waals surface area contributed by atoms with Gasteiger partial charge in [0.05, 0.1) is 13.7 Å². The van der Waals surface area contributed by atoms with Crippen LogP contribution in [-0.4, -0.2) is 19.7 Å². The molecular formula is C17H20N2O3. The van der Waals surface area contributed by atoms with Gasteiger partial charge in [-0.25, -0.2) is 4.79 Å². The van der Waals surface area contributed by atoms with Gasteiger partial charge in [0.2, 0.25) is 0 Å². The lowest BCUT2D eigenvalue weighted by molar-refractivity contribution is 0.262. The number of hydrogen-bond acceptors (Lipinski definition) is 3. The number of ether oxygens (including phenoxy) is 2. The maximum Gasteiger partial charge on any atom is 0.323 e. The summed E-state index contributed by atoms with van der Waals surface area (Å²) in [4.78, 5) is 12.0. The van der Waals surface area contributed by atoms with Crippen molar-refractivity contribution in [2.45, 2.75) is 13.8 Å². The van der Waals surface area contributed by atoms with Crippen LogP contribution in [0.5, 0.6) is 11.5 Å². The number of benzene rings is 2. The van der Waals surface area contributed by atoms with Gasteiger partial charge in [-0.05, 0) is 61.9 Å². The minimum Gasteiger partial charge on any atom is -0.497 e. The van der Waals surface area contributed by atoms with Crippen molar-refractivity contribution in [3.05, 3.63) is 48.0 Å². The van der Waals surface area contributed by atoms with E-state index in [9.17, 15) is 4.79 Å². The molecule has 22 heavy (non-hydrogen) atoms. The molecule has 0 saturated heterocycles. The molecule has 0 atom stereocenters. The number of hydrogen-bond donors (Lipinski definition) is 2. The van der Waals surface area contributed by atoms with Crippen LogP contribution in [0, 0.1) is 6.92 Å². The molecule has 2 N–H and O–H groups in total. The van der Waals surface area contributed by atoms with Crippen LogP contribution in [0.2, 0.25) is 0 Å². The van der Waals surface area contributed by atoms with Crippen molar-refractivity contribution in [3.8, 4) is 11.5 Å². The summed E-state index contributed by atoms with van der Waals surface area (Å²) in [6, 6.07) is 12.4. The van der Waals surface area contributed by atoms with Gasteiger partial charge in [-0.15, -0.1) is 0 Å². The summed E-state index contributed by atoms with van der Waals surface area (Å²) >= 11 is 0. The maximum atomic E-state index is 12.0. The number of methoxy groups -OCH3 is 1. The summed E-state index contributed by atoms with van der Waals surface area (Å²) in [6.45, 7) is 4.45. The Morgan fingerprint density at radius 1 is 1.05 bits per heavy atom. The van der Waals surface area contributed by atoms with Crippen LogP contribution < -0.4 is 20.1 Å². The molecule has 0 heterocycles. The van der Waals surface area contributed by atoms with Gasteiger partial charge in [-0.2, -0.15) is 0 Å². The van der Waals surface area contributed by atoms with Gasteiger partial charge >= 0.3 is 6.03 Å². The Balaban J connectivity index is 1.97. The van der Waals surface area contributed by atoms with Gasteiger partial charge in [-0.3, -0.25) is 0 Å². The highest BCUT2D eigenvalue weighted by Crippen LogP contribution is 2.21. The standard InChI is InChI=1S/C17H20N2O3/c1-4-22-14-7-5-13(6-8-14)18-17(20)19-16-10-9-15(21-3)11-12(16)2/h5-11H,4H2,1-3H3,(H2,18,19,20). The first-order valence-electron chi connectivity index (χ1n) is 7.08. The summed E-state index contributed by atoms with van der Waals surface area (Å²) in [5, 5.41) is 5.59. The molecule has 5 nitrogen and oxygen atoms in total. The Labute approximate surface area is 130 Å². The van der Waals surface area contributed by atoms with Crippen LogP contribution >= 0.6 is 0 Å². The van der Waals surface area contributed by atoms with Crippen LogP contribution in [0.15, 0.2) is 42.5 Å². The first-order valence-corrected chi connectivity index (χ1v) is 7.08. The highest BCUT2D eigenvalue weighted by atomic mass is 16.5. The number of rotatable bonds is 5. The summed E-state index contributed by atoms with van der Waals surface area (Å²) in [7, 11) is 1.61. The first kappa shape index (κ1) is 15.7. The van der Waals surface area contributed by atoms with E-state index in [1.165, 1.54) is 0 Å². The van der Waals surface area contributed by atoms with Crippen molar-refractivity contribution < 1.29 is 14.3 Å². The van der Waals surface area contributed by atoms with Crippen molar-refractivity contribution in [1.82, 2.24) is 0 Å². The molecule has 0 radical (unpaired) electrons. The van der Waals surface area contributed by atoms with E-state index in [1.54, 1.807) is 25.3 Å². The molecule has 0 fully saturated rings. The van der Waals surface area contributed by atoms with E-state index in [0.29, 0.717) is 12.3 Å². The molecule has 0 aromatic heterocycles. The van der Waals surface area contributed by atoms with Crippen LogP contribution in [0.3, 0.4) is 0 Å². The van der Waals surface area contributed by atoms with Crippen LogP contribution in [-0.2, 0) is 0 Å². The van der Waals surface area contributed by atoms with Crippen molar-refractivity contribution in [3.63, 3.8) is 0 Å². The van der Waals surface area contributed by atoms with Gasteiger partial charge in [0, 0.05) is 11.4 Å².